The number of rotatable bonds is 4. The molecule has 1 fully saturated rings. The summed E-state index contributed by atoms with van der Waals surface area (Å²) in [6.45, 7) is 7.29. The van der Waals surface area contributed by atoms with Crippen molar-refractivity contribution in [1.29, 1.82) is 0 Å². The lowest BCUT2D eigenvalue weighted by atomic mass is 10.1. The molecule has 3 rings (SSSR count). The first-order valence-corrected chi connectivity index (χ1v) is 9.15. The number of benzene rings is 1. The summed E-state index contributed by atoms with van der Waals surface area (Å²) in [5.41, 5.74) is 2.98. The third-order valence-corrected chi connectivity index (χ3v) is 4.86. The number of hydrogen-bond donors (Lipinski definition) is 1. The quantitative estimate of drug-likeness (QED) is 0.917. The Morgan fingerprint density at radius 1 is 1.15 bits per heavy atom. The first kappa shape index (κ1) is 18.2. The molecule has 1 aromatic carbocycles. The highest BCUT2D eigenvalue weighted by Gasteiger charge is 2.20. The molecule has 1 aromatic heterocycles. The van der Waals surface area contributed by atoms with E-state index >= 15 is 0 Å². The fraction of sp³-hybridized carbons (Fsp3) is 0.450. The van der Waals surface area contributed by atoms with Crippen LogP contribution in [0, 0.1) is 20.8 Å². The number of carbonyl (C=O) groups is 1. The summed E-state index contributed by atoms with van der Waals surface area (Å²) in [6, 6.07) is 7.62. The lowest BCUT2D eigenvalue weighted by molar-refractivity contribution is -0.116. The van der Waals surface area contributed by atoms with Crippen molar-refractivity contribution in [3.05, 3.63) is 51.4 Å². The van der Waals surface area contributed by atoms with Crippen LogP contribution < -0.4 is 15.8 Å². The minimum atomic E-state index is -0.221. The molecule has 0 unspecified atom stereocenters. The van der Waals surface area contributed by atoms with Crippen molar-refractivity contribution in [3.63, 3.8) is 0 Å². The molecule has 0 atom stereocenters. The zero-order valence-electron chi connectivity index (χ0n) is 15.7. The number of aryl methyl sites for hydroxylation is 2. The Kier molecular flexibility index (Phi) is 5.40. The van der Waals surface area contributed by atoms with Crippen LogP contribution in [0.1, 0.15) is 36.1 Å². The molecule has 1 aliphatic heterocycles. The van der Waals surface area contributed by atoms with Gasteiger partial charge in [0.2, 0.25) is 11.9 Å². The molecule has 1 saturated heterocycles. The van der Waals surface area contributed by atoms with E-state index in [1.165, 1.54) is 11.0 Å². The van der Waals surface area contributed by atoms with E-state index in [9.17, 15) is 9.59 Å². The number of anilines is 2. The number of piperidine rings is 1. The number of hydrogen-bond acceptors (Lipinski definition) is 4. The van der Waals surface area contributed by atoms with Gasteiger partial charge in [-0.3, -0.25) is 14.2 Å². The van der Waals surface area contributed by atoms with Gasteiger partial charge in [-0.05, 0) is 57.7 Å². The number of aromatic nitrogens is 2. The largest absolute Gasteiger partial charge is 0.342 e. The molecule has 26 heavy (non-hydrogen) atoms. The van der Waals surface area contributed by atoms with Crippen LogP contribution in [0.4, 0.5) is 11.6 Å². The normalized spacial score (nSPS) is 14.3. The summed E-state index contributed by atoms with van der Waals surface area (Å²) >= 11 is 0. The van der Waals surface area contributed by atoms with E-state index in [4.69, 9.17) is 0 Å². The average molecular weight is 354 g/mol. The summed E-state index contributed by atoms with van der Waals surface area (Å²) in [5, 5.41) is 2.88. The molecule has 1 amide bonds. The monoisotopic (exact) mass is 354 g/mol. The van der Waals surface area contributed by atoms with Crippen molar-refractivity contribution < 1.29 is 4.79 Å². The van der Waals surface area contributed by atoms with Crippen LogP contribution in [0.15, 0.2) is 29.1 Å². The van der Waals surface area contributed by atoms with Gasteiger partial charge in [-0.15, -0.1) is 0 Å². The van der Waals surface area contributed by atoms with Crippen molar-refractivity contribution in [2.24, 2.45) is 0 Å². The smallest absolute Gasteiger partial charge is 0.258 e. The molecule has 0 radical (unpaired) electrons. The molecule has 1 N–H and O–H groups in total. The highest BCUT2D eigenvalue weighted by atomic mass is 16.2. The van der Waals surface area contributed by atoms with Gasteiger partial charge in [-0.25, -0.2) is 4.98 Å². The van der Waals surface area contributed by atoms with Gasteiger partial charge in [-0.1, -0.05) is 12.1 Å². The first-order chi connectivity index (χ1) is 12.5. The Balaban J connectivity index is 1.89. The molecule has 6 heteroatoms. The maximum absolute atomic E-state index is 12.8. The van der Waals surface area contributed by atoms with Crippen LogP contribution in [0.25, 0.3) is 0 Å². The van der Waals surface area contributed by atoms with E-state index in [-0.39, 0.29) is 18.0 Å². The summed E-state index contributed by atoms with van der Waals surface area (Å²) in [4.78, 5) is 32.1. The lowest BCUT2D eigenvalue weighted by Gasteiger charge is -2.30. The van der Waals surface area contributed by atoms with Crippen LogP contribution in [-0.2, 0) is 11.3 Å². The van der Waals surface area contributed by atoms with Crippen LogP contribution in [0.5, 0.6) is 0 Å². The summed E-state index contributed by atoms with van der Waals surface area (Å²) in [6.07, 6.45) is 3.36. The van der Waals surface area contributed by atoms with E-state index in [1.807, 2.05) is 38.1 Å². The minimum Gasteiger partial charge on any atom is -0.342 e. The van der Waals surface area contributed by atoms with Crippen molar-refractivity contribution in [1.82, 2.24) is 9.55 Å². The molecule has 0 aliphatic carbocycles. The van der Waals surface area contributed by atoms with Crippen molar-refractivity contribution >= 4 is 17.5 Å². The summed E-state index contributed by atoms with van der Waals surface area (Å²) in [5.74, 6) is 0.387. The Morgan fingerprint density at radius 3 is 2.58 bits per heavy atom. The van der Waals surface area contributed by atoms with Gasteiger partial charge in [-0.2, -0.15) is 0 Å². The van der Waals surface area contributed by atoms with E-state index < -0.39 is 0 Å². The van der Waals surface area contributed by atoms with Gasteiger partial charge in [0.15, 0.2) is 0 Å². The zero-order chi connectivity index (χ0) is 18.7. The minimum absolute atomic E-state index is 0.0350. The Bertz CT molecular complexity index is 867. The molecule has 2 heterocycles. The van der Waals surface area contributed by atoms with Gasteiger partial charge in [0, 0.05) is 30.0 Å². The Morgan fingerprint density at radius 2 is 1.88 bits per heavy atom. The van der Waals surface area contributed by atoms with Crippen molar-refractivity contribution in [2.75, 3.05) is 23.3 Å². The second-order valence-electron chi connectivity index (χ2n) is 6.98. The molecule has 0 bridgehead atoms. The van der Waals surface area contributed by atoms with Gasteiger partial charge in [0.25, 0.3) is 5.56 Å². The maximum Gasteiger partial charge on any atom is 0.258 e. The molecule has 0 saturated carbocycles. The molecule has 1 aliphatic rings. The Labute approximate surface area is 153 Å². The zero-order valence-corrected chi connectivity index (χ0v) is 15.7. The van der Waals surface area contributed by atoms with Crippen LogP contribution in [0.2, 0.25) is 0 Å². The fourth-order valence-electron chi connectivity index (χ4n) is 3.29. The summed E-state index contributed by atoms with van der Waals surface area (Å²) in [7, 11) is 0. The molecule has 2 aromatic rings. The van der Waals surface area contributed by atoms with Gasteiger partial charge < -0.3 is 10.2 Å². The van der Waals surface area contributed by atoms with E-state index in [2.05, 4.69) is 15.2 Å². The molecule has 138 valence electrons. The predicted molar refractivity (Wildman–Crippen MR) is 104 cm³/mol. The van der Waals surface area contributed by atoms with Gasteiger partial charge in [0.05, 0.1) is 0 Å². The second kappa shape index (κ2) is 7.72. The number of carbonyl (C=O) groups excluding carboxylic acids is 1. The number of nitrogens with zero attached hydrogens (tertiary/aromatic N) is 3. The first-order valence-electron chi connectivity index (χ1n) is 9.15. The number of amides is 1. The van der Waals surface area contributed by atoms with E-state index in [0.29, 0.717) is 11.5 Å². The van der Waals surface area contributed by atoms with Crippen LogP contribution >= 0.6 is 0 Å². The van der Waals surface area contributed by atoms with Gasteiger partial charge >= 0.3 is 0 Å². The maximum atomic E-state index is 12.8. The number of nitrogens with one attached hydrogen (secondary N) is 1. The van der Waals surface area contributed by atoms with E-state index in [1.54, 1.807) is 6.92 Å². The molecular formula is C20H26N4O2. The van der Waals surface area contributed by atoms with Crippen LogP contribution in [-0.4, -0.2) is 28.5 Å². The third-order valence-electron chi connectivity index (χ3n) is 4.86. The standard InChI is InChI=1S/C20H26N4O2/c1-14-8-7-9-17(12-14)22-18(25)13-24-19(26)15(2)16(3)21-20(24)23-10-5-4-6-11-23/h7-9,12H,4-6,10-11,13H2,1-3H3,(H,22,25). The van der Waals surface area contributed by atoms with Crippen molar-refractivity contribution in [2.45, 2.75) is 46.6 Å². The molecule has 6 nitrogen and oxygen atoms in total. The highest BCUT2D eigenvalue weighted by molar-refractivity contribution is 5.90. The lowest BCUT2D eigenvalue weighted by Crippen LogP contribution is -2.39. The van der Waals surface area contributed by atoms with E-state index in [0.717, 1.165) is 42.9 Å². The molecule has 0 spiro atoms. The average Bonchev–Trinajstić information content (AvgIpc) is 2.63. The predicted octanol–water partition coefficient (Wildman–Crippen LogP) is 2.80. The Hall–Kier alpha value is -2.63. The summed E-state index contributed by atoms with van der Waals surface area (Å²) < 4.78 is 1.51. The third kappa shape index (κ3) is 3.95. The SMILES string of the molecule is Cc1cccc(NC(=O)Cn2c(N3CCCCC3)nc(C)c(C)c2=O)c1. The highest BCUT2D eigenvalue weighted by Crippen LogP contribution is 2.18. The van der Waals surface area contributed by atoms with Crippen LogP contribution in [0.3, 0.4) is 0 Å². The topological polar surface area (TPSA) is 67.2 Å². The second-order valence-corrected chi connectivity index (χ2v) is 6.98. The van der Waals surface area contributed by atoms with Crippen molar-refractivity contribution in [3.8, 4) is 0 Å². The van der Waals surface area contributed by atoms with Gasteiger partial charge in [0.1, 0.15) is 6.54 Å². The fourth-order valence-corrected chi connectivity index (χ4v) is 3.29. The molecular weight excluding hydrogens is 328 g/mol.